The second-order valence-electron chi connectivity index (χ2n) is 3.59. The van der Waals surface area contributed by atoms with Crippen LogP contribution in [0.3, 0.4) is 0 Å². The summed E-state index contributed by atoms with van der Waals surface area (Å²) in [5, 5.41) is 9.35. The Hall–Kier alpha value is -1.42. The molecular weight excluding hydrogens is 208 g/mol. The molecule has 1 rings (SSSR count). The summed E-state index contributed by atoms with van der Waals surface area (Å²) in [4.78, 5) is 0. The largest absolute Gasteiger partial charge is 0.493 e. The zero-order valence-corrected chi connectivity index (χ0v) is 10.1. The molecule has 0 heterocycles. The van der Waals surface area contributed by atoms with Gasteiger partial charge in [0.25, 0.3) is 0 Å². The summed E-state index contributed by atoms with van der Waals surface area (Å²) in [6.45, 7) is 1.74. The predicted molar refractivity (Wildman–Crippen MR) is 61.5 cm³/mol. The monoisotopic (exact) mass is 226 g/mol. The van der Waals surface area contributed by atoms with E-state index in [0.29, 0.717) is 23.7 Å². The Morgan fingerprint density at radius 2 is 1.56 bits per heavy atom. The van der Waals surface area contributed by atoms with Gasteiger partial charge in [0.2, 0.25) is 5.75 Å². The molecule has 1 aromatic carbocycles. The second kappa shape index (κ2) is 5.61. The maximum Gasteiger partial charge on any atom is 0.203 e. The summed E-state index contributed by atoms with van der Waals surface area (Å²) in [5.41, 5.74) is 0.949. The van der Waals surface area contributed by atoms with Crippen molar-refractivity contribution in [2.45, 2.75) is 19.4 Å². The van der Waals surface area contributed by atoms with Gasteiger partial charge in [-0.3, -0.25) is 0 Å². The molecule has 0 unspecified atom stereocenters. The van der Waals surface area contributed by atoms with Gasteiger partial charge in [0.05, 0.1) is 27.4 Å². The van der Waals surface area contributed by atoms with Crippen LogP contribution in [0.25, 0.3) is 0 Å². The zero-order valence-electron chi connectivity index (χ0n) is 10.1. The van der Waals surface area contributed by atoms with Gasteiger partial charge in [0, 0.05) is 0 Å². The highest BCUT2D eigenvalue weighted by molar-refractivity contribution is 5.53. The standard InChI is InChI=1S/C12H18O4/c1-8(13)5-9-6-10(14-2)12(16-4)11(7-9)15-3/h6-8,13H,5H2,1-4H3/t8-/m1/s1. The molecule has 90 valence electrons. The van der Waals surface area contributed by atoms with Crippen molar-refractivity contribution >= 4 is 0 Å². The lowest BCUT2D eigenvalue weighted by molar-refractivity contribution is 0.195. The van der Waals surface area contributed by atoms with Crippen molar-refractivity contribution in [2.75, 3.05) is 21.3 Å². The molecule has 0 bridgehead atoms. The van der Waals surface area contributed by atoms with Crippen LogP contribution < -0.4 is 14.2 Å². The lowest BCUT2D eigenvalue weighted by Gasteiger charge is -2.14. The predicted octanol–water partition coefficient (Wildman–Crippen LogP) is 1.64. The zero-order chi connectivity index (χ0) is 12.1. The van der Waals surface area contributed by atoms with E-state index in [1.165, 1.54) is 0 Å². The fraction of sp³-hybridized carbons (Fsp3) is 0.500. The molecule has 1 N–H and O–H groups in total. The third kappa shape index (κ3) is 2.79. The van der Waals surface area contributed by atoms with Crippen LogP contribution in [-0.2, 0) is 6.42 Å². The molecule has 16 heavy (non-hydrogen) atoms. The Kier molecular flexibility index (Phi) is 4.43. The van der Waals surface area contributed by atoms with Crippen molar-refractivity contribution in [3.63, 3.8) is 0 Å². The fourth-order valence-corrected chi connectivity index (χ4v) is 1.59. The van der Waals surface area contributed by atoms with Crippen LogP contribution in [0.2, 0.25) is 0 Å². The third-order valence-corrected chi connectivity index (χ3v) is 2.26. The Bertz CT molecular complexity index is 322. The second-order valence-corrected chi connectivity index (χ2v) is 3.59. The van der Waals surface area contributed by atoms with Crippen LogP contribution >= 0.6 is 0 Å². The lowest BCUT2D eigenvalue weighted by Crippen LogP contribution is -2.05. The molecule has 1 atom stereocenters. The molecule has 0 amide bonds. The van der Waals surface area contributed by atoms with E-state index in [-0.39, 0.29) is 0 Å². The van der Waals surface area contributed by atoms with Crippen molar-refractivity contribution < 1.29 is 19.3 Å². The molecule has 0 radical (unpaired) electrons. The highest BCUT2D eigenvalue weighted by atomic mass is 16.5. The molecule has 0 aliphatic heterocycles. The summed E-state index contributed by atoms with van der Waals surface area (Å²) in [5.74, 6) is 1.79. The van der Waals surface area contributed by atoms with Gasteiger partial charge in [0.15, 0.2) is 11.5 Å². The summed E-state index contributed by atoms with van der Waals surface area (Å²) in [7, 11) is 4.71. The van der Waals surface area contributed by atoms with Crippen LogP contribution in [0.4, 0.5) is 0 Å². The van der Waals surface area contributed by atoms with E-state index in [1.54, 1.807) is 28.3 Å². The van der Waals surface area contributed by atoms with Crippen LogP contribution in [0, 0.1) is 0 Å². The number of aliphatic hydroxyl groups excluding tert-OH is 1. The van der Waals surface area contributed by atoms with Gasteiger partial charge >= 0.3 is 0 Å². The van der Waals surface area contributed by atoms with E-state index in [9.17, 15) is 5.11 Å². The van der Waals surface area contributed by atoms with E-state index in [0.717, 1.165) is 5.56 Å². The topological polar surface area (TPSA) is 47.9 Å². The van der Waals surface area contributed by atoms with E-state index >= 15 is 0 Å². The van der Waals surface area contributed by atoms with E-state index in [4.69, 9.17) is 14.2 Å². The van der Waals surface area contributed by atoms with Crippen molar-refractivity contribution in [3.8, 4) is 17.2 Å². The van der Waals surface area contributed by atoms with Gasteiger partial charge in [-0.05, 0) is 31.0 Å². The molecule has 4 heteroatoms. The van der Waals surface area contributed by atoms with Crippen molar-refractivity contribution in [1.29, 1.82) is 0 Å². The Morgan fingerprint density at radius 3 is 1.88 bits per heavy atom. The number of hydrogen-bond acceptors (Lipinski definition) is 4. The maximum atomic E-state index is 9.35. The average molecular weight is 226 g/mol. The minimum absolute atomic E-state index is 0.400. The molecular formula is C12H18O4. The van der Waals surface area contributed by atoms with Gasteiger partial charge in [0.1, 0.15) is 0 Å². The first kappa shape index (κ1) is 12.6. The van der Waals surface area contributed by atoms with Crippen LogP contribution in [0.5, 0.6) is 17.2 Å². The van der Waals surface area contributed by atoms with E-state index in [1.807, 2.05) is 12.1 Å². The Balaban J connectivity index is 3.15. The maximum absolute atomic E-state index is 9.35. The number of methoxy groups -OCH3 is 3. The van der Waals surface area contributed by atoms with Crippen molar-refractivity contribution in [3.05, 3.63) is 17.7 Å². The molecule has 0 saturated heterocycles. The molecule has 0 spiro atoms. The first-order chi connectivity index (χ1) is 7.62. The molecule has 0 saturated carbocycles. The minimum atomic E-state index is -0.400. The van der Waals surface area contributed by atoms with E-state index in [2.05, 4.69) is 0 Å². The average Bonchev–Trinajstić information content (AvgIpc) is 2.26. The van der Waals surface area contributed by atoms with Gasteiger partial charge < -0.3 is 19.3 Å². The molecule has 0 aliphatic carbocycles. The van der Waals surface area contributed by atoms with Gasteiger partial charge in [-0.25, -0.2) is 0 Å². The number of rotatable bonds is 5. The summed E-state index contributed by atoms with van der Waals surface area (Å²) >= 11 is 0. The molecule has 0 aliphatic rings. The highest BCUT2D eigenvalue weighted by Crippen LogP contribution is 2.38. The third-order valence-electron chi connectivity index (χ3n) is 2.26. The summed E-state index contributed by atoms with van der Waals surface area (Å²) in [6.07, 6.45) is 0.152. The van der Waals surface area contributed by atoms with Crippen molar-refractivity contribution in [1.82, 2.24) is 0 Å². The highest BCUT2D eigenvalue weighted by Gasteiger charge is 2.13. The molecule has 0 aromatic heterocycles. The van der Waals surface area contributed by atoms with Crippen molar-refractivity contribution in [2.24, 2.45) is 0 Å². The number of hydrogen-bond donors (Lipinski definition) is 1. The smallest absolute Gasteiger partial charge is 0.203 e. The van der Waals surface area contributed by atoms with E-state index < -0.39 is 6.10 Å². The number of benzene rings is 1. The van der Waals surface area contributed by atoms with Gasteiger partial charge in [-0.2, -0.15) is 0 Å². The SMILES string of the molecule is COc1cc(C[C@@H](C)O)cc(OC)c1OC. The lowest BCUT2D eigenvalue weighted by atomic mass is 10.1. The number of aliphatic hydroxyl groups is 1. The Labute approximate surface area is 95.8 Å². The molecule has 1 aromatic rings. The van der Waals surface area contributed by atoms with Gasteiger partial charge in [-0.1, -0.05) is 0 Å². The van der Waals surface area contributed by atoms with Crippen LogP contribution in [-0.4, -0.2) is 32.5 Å². The molecule has 4 nitrogen and oxygen atoms in total. The first-order valence-corrected chi connectivity index (χ1v) is 5.09. The first-order valence-electron chi connectivity index (χ1n) is 5.09. The summed E-state index contributed by atoms with van der Waals surface area (Å²) in [6, 6.07) is 3.68. The van der Waals surface area contributed by atoms with Crippen LogP contribution in [0.1, 0.15) is 12.5 Å². The Morgan fingerprint density at radius 1 is 1.06 bits per heavy atom. The fourth-order valence-electron chi connectivity index (χ4n) is 1.59. The minimum Gasteiger partial charge on any atom is -0.493 e. The quantitative estimate of drug-likeness (QED) is 0.829. The summed E-state index contributed by atoms with van der Waals surface area (Å²) < 4.78 is 15.6. The number of ether oxygens (including phenoxy) is 3. The molecule has 0 fully saturated rings. The normalized spacial score (nSPS) is 12.1. The van der Waals surface area contributed by atoms with Crippen LogP contribution in [0.15, 0.2) is 12.1 Å². The van der Waals surface area contributed by atoms with Gasteiger partial charge in [-0.15, -0.1) is 0 Å².